The molecule has 0 aliphatic rings. The first kappa shape index (κ1) is 9.88. The first-order chi connectivity index (χ1) is 4.81. The standard InChI is InChI=1S/C5HF5O/c6-4(7,2-1-3-11)5(8,9)10/h3H. The lowest BCUT2D eigenvalue weighted by atomic mass is 10.3. The fraction of sp³-hybridized carbons (Fsp3) is 0.400. The molecule has 0 radical (unpaired) electrons. The van der Waals surface area contributed by atoms with E-state index in [4.69, 9.17) is 0 Å². The Bertz CT molecular complexity index is 205. The van der Waals surface area contributed by atoms with Crippen LogP contribution >= 0.6 is 0 Å². The second-order valence-electron chi connectivity index (χ2n) is 1.46. The number of hydrogen-bond donors (Lipinski definition) is 0. The summed E-state index contributed by atoms with van der Waals surface area (Å²) in [5, 5.41) is 0. The van der Waals surface area contributed by atoms with Gasteiger partial charge in [0, 0.05) is 0 Å². The summed E-state index contributed by atoms with van der Waals surface area (Å²) in [6.45, 7) is 0. The normalized spacial score (nSPS) is 11.7. The van der Waals surface area contributed by atoms with Crippen molar-refractivity contribution in [3.63, 3.8) is 0 Å². The highest BCUT2D eigenvalue weighted by atomic mass is 19.4. The summed E-state index contributed by atoms with van der Waals surface area (Å²) < 4.78 is 56.9. The lowest BCUT2D eigenvalue weighted by Gasteiger charge is -2.11. The Kier molecular flexibility index (Phi) is 2.57. The van der Waals surface area contributed by atoms with E-state index in [1.807, 2.05) is 0 Å². The van der Waals surface area contributed by atoms with Crippen LogP contribution in [0.4, 0.5) is 22.0 Å². The molecule has 6 heteroatoms. The van der Waals surface area contributed by atoms with Gasteiger partial charge in [0.2, 0.25) is 0 Å². The maximum Gasteiger partial charge on any atom is 0.466 e. The van der Waals surface area contributed by atoms with Gasteiger partial charge in [-0.25, -0.2) is 0 Å². The summed E-state index contributed by atoms with van der Waals surface area (Å²) in [6, 6.07) is 0. The van der Waals surface area contributed by atoms with Crippen LogP contribution in [-0.4, -0.2) is 18.4 Å². The molecule has 0 spiro atoms. The van der Waals surface area contributed by atoms with Gasteiger partial charge in [0.1, 0.15) is 0 Å². The van der Waals surface area contributed by atoms with Crippen LogP contribution < -0.4 is 0 Å². The molecule has 62 valence electrons. The Morgan fingerprint density at radius 2 is 1.55 bits per heavy atom. The molecule has 0 unspecified atom stereocenters. The van der Waals surface area contributed by atoms with Crippen molar-refractivity contribution in [1.82, 2.24) is 0 Å². The minimum Gasteiger partial charge on any atom is -0.289 e. The Morgan fingerprint density at radius 1 is 1.09 bits per heavy atom. The van der Waals surface area contributed by atoms with Gasteiger partial charge >= 0.3 is 12.1 Å². The van der Waals surface area contributed by atoms with Crippen LogP contribution in [0.25, 0.3) is 0 Å². The van der Waals surface area contributed by atoms with Crippen molar-refractivity contribution in [3.8, 4) is 11.8 Å². The highest BCUT2D eigenvalue weighted by molar-refractivity contribution is 5.72. The molecule has 1 nitrogen and oxygen atoms in total. The Balaban J connectivity index is 4.59. The molecule has 11 heavy (non-hydrogen) atoms. The summed E-state index contributed by atoms with van der Waals surface area (Å²) in [5.41, 5.74) is 0. The molecule has 0 heterocycles. The largest absolute Gasteiger partial charge is 0.466 e. The highest BCUT2D eigenvalue weighted by Crippen LogP contribution is 2.34. The molecule has 0 amide bonds. The number of halogens is 5. The quantitative estimate of drug-likeness (QED) is 0.306. The van der Waals surface area contributed by atoms with Gasteiger partial charge in [0.15, 0.2) is 6.29 Å². The van der Waals surface area contributed by atoms with Gasteiger partial charge in [0.25, 0.3) is 0 Å². The first-order valence-electron chi connectivity index (χ1n) is 2.22. The van der Waals surface area contributed by atoms with Crippen LogP contribution in [0.5, 0.6) is 0 Å². The van der Waals surface area contributed by atoms with Crippen molar-refractivity contribution < 1.29 is 26.7 Å². The van der Waals surface area contributed by atoms with Crippen LogP contribution in [0.1, 0.15) is 0 Å². The molecular weight excluding hydrogens is 171 g/mol. The van der Waals surface area contributed by atoms with Gasteiger partial charge in [-0.3, -0.25) is 4.79 Å². The molecule has 0 N–H and O–H groups in total. The maximum atomic E-state index is 11.7. The van der Waals surface area contributed by atoms with E-state index in [1.165, 1.54) is 0 Å². The zero-order chi connectivity index (χ0) is 9.12. The number of carbonyl (C=O) groups excluding carboxylic acids is 1. The van der Waals surface area contributed by atoms with Gasteiger partial charge in [-0.1, -0.05) is 0 Å². The number of alkyl halides is 5. The van der Waals surface area contributed by atoms with E-state index >= 15 is 0 Å². The predicted molar refractivity (Wildman–Crippen MR) is 24.8 cm³/mol. The summed E-state index contributed by atoms with van der Waals surface area (Å²) in [7, 11) is 0. The smallest absolute Gasteiger partial charge is 0.289 e. The molecule has 0 aliphatic heterocycles. The average Bonchev–Trinajstić information content (AvgIpc) is 1.81. The molecule has 0 aromatic carbocycles. The zero-order valence-corrected chi connectivity index (χ0v) is 4.88. The van der Waals surface area contributed by atoms with Gasteiger partial charge in [-0.2, -0.15) is 22.0 Å². The van der Waals surface area contributed by atoms with E-state index in [9.17, 15) is 26.7 Å². The molecule has 0 bridgehead atoms. The fourth-order valence-corrected chi connectivity index (χ4v) is 0.191. The van der Waals surface area contributed by atoms with E-state index < -0.39 is 12.1 Å². The minimum absolute atomic E-state index is 0.334. The van der Waals surface area contributed by atoms with Gasteiger partial charge in [-0.05, 0) is 11.8 Å². The van der Waals surface area contributed by atoms with Crippen molar-refractivity contribution in [2.24, 2.45) is 0 Å². The van der Waals surface area contributed by atoms with Crippen LogP contribution in [0.3, 0.4) is 0 Å². The Labute approximate surface area is 58.2 Å². The van der Waals surface area contributed by atoms with Crippen LogP contribution in [-0.2, 0) is 4.79 Å². The topological polar surface area (TPSA) is 17.1 Å². The van der Waals surface area contributed by atoms with Crippen molar-refractivity contribution >= 4 is 6.29 Å². The number of aldehydes is 1. The zero-order valence-electron chi connectivity index (χ0n) is 4.88. The van der Waals surface area contributed by atoms with Crippen LogP contribution in [0.15, 0.2) is 0 Å². The monoisotopic (exact) mass is 172 g/mol. The molecule has 0 aromatic heterocycles. The van der Waals surface area contributed by atoms with Gasteiger partial charge in [-0.15, -0.1) is 0 Å². The van der Waals surface area contributed by atoms with Crippen molar-refractivity contribution in [2.45, 2.75) is 12.1 Å². The number of hydrogen-bond acceptors (Lipinski definition) is 1. The van der Waals surface area contributed by atoms with Crippen molar-refractivity contribution in [2.75, 3.05) is 0 Å². The number of rotatable bonds is 0. The molecule has 0 fully saturated rings. The highest BCUT2D eigenvalue weighted by Gasteiger charge is 2.56. The summed E-state index contributed by atoms with van der Waals surface area (Å²) >= 11 is 0. The third-order valence-electron chi connectivity index (χ3n) is 0.644. The van der Waals surface area contributed by atoms with Crippen LogP contribution in [0, 0.1) is 11.8 Å². The number of carbonyl (C=O) groups is 1. The molecule has 0 atom stereocenters. The molecule has 0 aliphatic carbocycles. The van der Waals surface area contributed by atoms with Crippen LogP contribution in [0.2, 0.25) is 0 Å². The summed E-state index contributed by atoms with van der Waals surface area (Å²) in [5.74, 6) is -3.64. The van der Waals surface area contributed by atoms with E-state index in [2.05, 4.69) is 0 Å². The molecule has 0 saturated carbocycles. The predicted octanol–water partition coefficient (Wildman–Crippen LogP) is 1.39. The average molecular weight is 172 g/mol. The Hall–Kier alpha value is -1.12. The third kappa shape index (κ3) is 2.53. The second-order valence-corrected chi connectivity index (χ2v) is 1.46. The Morgan fingerprint density at radius 3 is 1.82 bits per heavy atom. The molecular formula is C5HF5O. The fourth-order valence-electron chi connectivity index (χ4n) is 0.191. The summed E-state index contributed by atoms with van der Waals surface area (Å²) in [6.07, 6.45) is -6.05. The van der Waals surface area contributed by atoms with Crippen molar-refractivity contribution in [1.29, 1.82) is 0 Å². The lowest BCUT2D eigenvalue weighted by molar-refractivity contribution is -0.254. The maximum absolute atomic E-state index is 11.7. The SMILES string of the molecule is O=CC#CC(F)(F)C(F)(F)F. The second kappa shape index (κ2) is 2.86. The van der Waals surface area contributed by atoms with E-state index in [0.717, 1.165) is 5.92 Å². The van der Waals surface area contributed by atoms with E-state index in [0.29, 0.717) is 5.92 Å². The van der Waals surface area contributed by atoms with E-state index in [1.54, 1.807) is 0 Å². The third-order valence-corrected chi connectivity index (χ3v) is 0.644. The van der Waals surface area contributed by atoms with Crippen molar-refractivity contribution in [3.05, 3.63) is 0 Å². The van der Waals surface area contributed by atoms with Gasteiger partial charge < -0.3 is 0 Å². The molecule has 0 aromatic rings. The molecule has 0 saturated heterocycles. The minimum atomic E-state index is -5.72. The van der Waals surface area contributed by atoms with E-state index in [-0.39, 0.29) is 6.29 Å². The summed E-state index contributed by atoms with van der Waals surface area (Å²) in [4.78, 5) is 9.30. The van der Waals surface area contributed by atoms with Gasteiger partial charge in [0.05, 0.1) is 0 Å². The lowest BCUT2D eigenvalue weighted by Crippen LogP contribution is -2.34. The first-order valence-corrected chi connectivity index (χ1v) is 2.22. The molecule has 0 rings (SSSR count).